The van der Waals surface area contributed by atoms with E-state index in [2.05, 4.69) is 71.6 Å². The molecule has 1 N–H and O–H groups in total. The molecule has 212 valence electrons. The Kier molecular flexibility index (Phi) is 6.63. The van der Waals surface area contributed by atoms with Crippen LogP contribution < -0.4 is 10.2 Å². The second-order valence-electron chi connectivity index (χ2n) is 12.6. The van der Waals surface area contributed by atoms with Crippen LogP contribution in [0.15, 0.2) is 53.0 Å². The van der Waals surface area contributed by atoms with Crippen molar-refractivity contribution in [3.63, 3.8) is 0 Å². The Bertz CT molecular complexity index is 1540. The third-order valence-electron chi connectivity index (χ3n) is 8.42. The number of benzene rings is 1. The Morgan fingerprint density at radius 3 is 2.58 bits per heavy atom. The molecule has 9 nitrogen and oxygen atoms in total. The lowest BCUT2D eigenvalue weighted by Gasteiger charge is -2.46. The van der Waals surface area contributed by atoms with E-state index in [0.717, 1.165) is 42.4 Å². The highest BCUT2D eigenvalue weighted by molar-refractivity contribution is 7.92. The molecule has 0 amide bonds. The number of fused-ring (bicyclic) bond motifs is 3. The monoisotopic (exact) mass is 561 g/mol. The molecule has 2 fully saturated rings. The number of ether oxygens (including phenoxy) is 1. The number of nitrogens with zero attached hydrogens (tertiary/aromatic N) is 6. The average molecular weight is 562 g/mol. The maximum atomic E-state index is 12.4. The Balaban J connectivity index is 1.36. The van der Waals surface area contributed by atoms with E-state index < -0.39 is 9.73 Å². The first-order valence-electron chi connectivity index (χ1n) is 13.9. The minimum absolute atomic E-state index is 0.0648. The number of likely N-dealkylation sites (tertiary alicyclic amines) is 1. The van der Waals surface area contributed by atoms with Crippen LogP contribution in [0.5, 0.6) is 0 Å². The molecule has 0 bridgehead atoms. The van der Waals surface area contributed by atoms with Gasteiger partial charge in [0.05, 0.1) is 18.2 Å². The highest BCUT2D eigenvalue weighted by Gasteiger charge is 2.55. The van der Waals surface area contributed by atoms with Gasteiger partial charge in [-0.25, -0.2) is 14.2 Å². The van der Waals surface area contributed by atoms with Crippen molar-refractivity contribution in [3.05, 3.63) is 59.8 Å². The van der Waals surface area contributed by atoms with Gasteiger partial charge in [0.2, 0.25) is 5.95 Å². The van der Waals surface area contributed by atoms with E-state index in [1.165, 1.54) is 12.0 Å². The van der Waals surface area contributed by atoms with E-state index in [0.29, 0.717) is 24.3 Å². The van der Waals surface area contributed by atoms with Gasteiger partial charge in [-0.3, -0.25) is 0 Å². The molecule has 0 radical (unpaired) electrons. The molecular formula is C30H39N7O2S. The third-order valence-corrected chi connectivity index (χ3v) is 9.04. The van der Waals surface area contributed by atoms with Crippen LogP contribution in [-0.4, -0.2) is 75.0 Å². The number of aromatic nitrogens is 3. The standard InChI is InChI=1S/C30H39N7O2S/c1-29(2)16-24-30(3,19-39-29)23-17-31-28(32-22-12-10-20(11-13-22)21-14-15-36(4)18-21)34-27(23)37(24)26-9-7-8-25(33-26)35-40(5,6)38/h7-13,17,21,24H,14-16,18-19H2,1-6H3,(H,31,32,34)/t21-,24-,30-/m0/s1. The Hall–Kier alpha value is -3.08. The van der Waals surface area contributed by atoms with Gasteiger partial charge >= 0.3 is 0 Å². The van der Waals surface area contributed by atoms with Gasteiger partial charge in [-0.05, 0) is 76.0 Å². The van der Waals surface area contributed by atoms with Gasteiger partial charge in [-0.1, -0.05) is 25.1 Å². The molecular weight excluding hydrogens is 522 g/mol. The predicted octanol–water partition coefficient (Wildman–Crippen LogP) is 5.37. The molecule has 5 heterocycles. The molecule has 10 heteroatoms. The van der Waals surface area contributed by atoms with Gasteiger partial charge in [-0.2, -0.15) is 9.35 Å². The van der Waals surface area contributed by atoms with Crippen LogP contribution in [0.2, 0.25) is 0 Å². The molecule has 3 aliphatic heterocycles. The highest BCUT2D eigenvalue weighted by Crippen LogP contribution is 2.53. The summed E-state index contributed by atoms with van der Waals surface area (Å²) in [4.78, 5) is 19.2. The van der Waals surface area contributed by atoms with Crippen molar-refractivity contribution in [3.8, 4) is 0 Å². The van der Waals surface area contributed by atoms with Crippen LogP contribution in [-0.2, 0) is 19.9 Å². The number of pyridine rings is 1. The molecule has 40 heavy (non-hydrogen) atoms. The fourth-order valence-electron chi connectivity index (χ4n) is 6.26. The summed E-state index contributed by atoms with van der Waals surface area (Å²) in [6.45, 7) is 9.29. The van der Waals surface area contributed by atoms with Crippen molar-refractivity contribution in [2.45, 2.75) is 56.6 Å². The number of nitrogens with one attached hydrogen (secondary N) is 1. The van der Waals surface area contributed by atoms with Crippen LogP contribution in [0.3, 0.4) is 0 Å². The summed E-state index contributed by atoms with van der Waals surface area (Å²) < 4.78 is 23.1. The first-order valence-corrected chi connectivity index (χ1v) is 16.2. The largest absolute Gasteiger partial charge is 0.374 e. The molecule has 0 spiro atoms. The molecule has 0 aliphatic carbocycles. The van der Waals surface area contributed by atoms with Crippen molar-refractivity contribution >= 4 is 38.8 Å². The van der Waals surface area contributed by atoms with Gasteiger partial charge in [0.15, 0.2) is 5.82 Å². The topological polar surface area (TPSA) is 95.8 Å². The molecule has 2 aromatic heterocycles. The van der Waals surface area contributed by atoms with Crippen LogP contribution in [0.1, 0.15) is 50.7 Å². The minimum atomic E-state index is -2.35. The van der Waals surface area contributed by atoms with Gasteiger partial charge < -0.3 is 19.9 Å². The maximum absolute atomic E-state index is 12.4. The Labute approximate surface area is 237 Å². The fraction of sp³-hybridized carbons (Fsp3) is 0.500. The van der Waals surface area contributed by atoms with E-state index in [9.17, 15) is 4.21 Å². The van der Waals surface area contributed by atoms with Gasteiger partial charge in [0.25, 0.3) is 0 Å². The van der Waals surface area contributed by atoms with Crippen LogP contribution in [0, 0.1) is 0 Å². The van der Waals surface area contributed by atoms with E-state index in [1.807, 2.05) is 18.3 Å². The SMILES string of the molecule is CN1CC[C@H](c2ccc(Nc3ncc4c(n3)N(c3cccc(N=S(C)(C)=O)n3)[C@H]3CC(C)(C)OC[C@@]43C)cc2)C1. The lowest BCUT2D eigenvalue weighted by molar-refractivity contribution is -0.0893. The number of hydrogen-bond donors (Lipinski definition) is 1. The number of anilines is 4. The van der Waals surface area contributed by atoms with Gasteiger partial charge in [-0.15, -0.1) is 0 Å². The van der Waals surface area contributed by atoms with Crippen molar-refractivity contribution in [1.82, 2.24) is 19.9 Å². The maximum Gasteiger partial charge on any atom is 0.229 e. The summed E-state index contributed by atoms with van der Waals surface area (Å²) in [6, 6.07) is 14.4. The Morgan fingerprint density at radius 2 is 1.88 bits per heavy atom. The molecule has 3 atom stereocenters. The Morgan fingerprint density at radius 1 is 1.10 bits per heavy atom. The zero-order chi connectivity index (χ0) is 28.3. The van der Waals surface area contributed by atoms with E-state index in [-0.39, 0.29) is 17.1 Å². The lowest BCUT2D eigenvalue weighted by atomic mass is 9.73. The quantitative estimate of drug-likeness (QED) is 0.444. The van der Waals surface area contributed by atoms with E-state index in [4.69, 9.17) is 19.7 Å². The zero-order valence-electron chi connectivity index (χ0n) is 24.2. The summed E-state index contributed by atoms with van der Waals surface area (Å²) >= 11 is 0. The second-order valence-corrected chi connectivity index (χ2v) is 15.2. The lowest BCUT2D eigenvalue weighted by Crippen LogP contribution is -2.54. The summed E-state index contributed by atoms with van der Waals surface area (Å²) in [5, 5.41) is 3.42. The fourth-order valence-corrected chi connectivity index (χ4v) is 6.81. The minimum Gasteiger partial charge on any atom is -0.374 e. The summed E-state index contributed by atoms with van der Waals surface area (Å²) in [7, 11) is -0.168. The van der Waals surface area contributed by atoms with Crippen molar-refractivity contribution in [1.29, 1.82) is 0 Å². The molecule has 0 unspecified atom stereocenters. The summed E-state index contributed by atoms with van der Waals surface area (Å²) in [6.07, 6.45) is 7.16. The normalized spacial score (nSPS) is 25.9. The van der Waals surface area contributed by atoms with Crippen LogP contribution in [0.4, 0.5) is 29.1 Å². The first kappa shape index (κ1) is 27.1. The van der Waals surface area contributed by atoms with E-state index >= 15 is 0 Å². The second kappa shape index (κ2) is 9.78. The number of likely N-dealkylation sites (N-methyl/N-ethyl adjacent to an activating group) is 1. The highest BCUT2D eigenvalue weighted by atomic mass is 32.2. The molecule has 3 aromatic rings. The average Bonchev–Trinajstić information content (AvgIpc) is 3.42. The predicted molar refractivity (Wildman–Crippen MR) is 161 cm³/mol. The van der Waals surface area contributed by atoms with Crippen LogP contribution in [0.25, 0.3) is 0 Å². The van der Waals surface area contributed by atoms with Gasteiger partial charge in [0.1, 0.15) is 11.6 Å². The number of rotatable bonds is 5. The number of hydrogen-bond acceptors (Lipinski definition) is 9. The van der Waals surface area contributed by atoms with Crippen molar-refractivity contribution in [2.24, 2.45) is 4.36 Å². The third kappa shape index (κ3) is 5.20. The van der Waals surface area contributed by atoms with Crippen molar-refractivity contribution in [2.75, 3.05) is 49.5 Å². The molecule has 2 saturated heterocycles. The molecule has 0 saturated carbocycles. The summed E-state index contributed by atoms with van der Waals surface area (Å²) in [5.41, 5.74) is 2.76. The van der Waals surface area contributed by atoms with Crippen molar-refractivity contribution < 1.29 is 8.95 Å². The zero-order valence-corrected chi connectivity index (χ0v) is 25.0. The molecule has 3 aliphatic rings. The molecule has 1 aromatic carbocycles. The smallest absolute Gasteiger partial charge is 0.229 e. The van der Waals surface area contributed by atoms with Gasteiger partial charge in [0, 0.05) is 51.6 Å². The summed E-state index contributed by atoms with van der Waals surface area (Å²) in [5.74, 6) is 3.12. The molecule has 6 rings (SSSR count). The van der Waals surface area contributed by atoms with E-state index in [1.54, 1.807) is 18.6 Å². The van der Waals surface area contributed by atoms with Crippen LogP contribution >= 0.6 is 0 Å². The first-order chi connectivity index (χ1) is 18.9.